The molecule has 4 aromatic rings. The minimum absolute atomic E-state index is 0.00793. The van der Waals surface area contributed by atoms with Gasteiger partial charge in [-0.1, -0.05) is 23.1 Å². The molecular weight excluding hydrogens is 418 g/mol. The minimum Gasteiger partial charge on any atom is -0.304 e. The first-order chi connectivity index (χ1) is 14.6. The number of amides is 1. The summed E-state index contributed by atoms with van der Waals surface area (Å²) >= 11 is 3.13. The SMILES string of the molecule is CN1CCN(CC(=O)Nc2nc3ccc(Sc4cnc5ncccn45)cc3s2)CC1. The zero-order valence-electron chi connectivity index (χ0n) is 16.5. The monoisotopic (exact) mass is 439 g/mol. The topological polar surface area (TPSA) is 78.7 Å². The van der Waals surface area contributed by atoms with Crippen molar-refractivity contribution < 1.29 is 4.79 Å². The highest BCUT2D eigenvalue weighted by Gasteiger charge is 2.17. The normalized spacial score (nSPS) is 15.8. The first-order valence-electron chi connectivity index (χ1n) is 9.71. The average molecular weight is 440 g/mol. The highest BCUT2D eigenvalue weighted by atomic mass is 32.2. The van der Waals surface area contributed by atoms with Crippen molar-refractivity contribution in [3.05, 3.63) is 42.9 Å². The molecule has 1 fully saturated rings. The van der Waals surface area contributed by atoms with Crippen LogP contribution in [0.3, 0.4) is 0 Å². The zero-order chi connectivity index (χ0) is 20.5. The first-order valence-corrected chi connectivity index (χ1v) is 11.3. The summed E-state index contributed by atoms with van der Waals surface area (Å²) in [4.78, 5) is 31.1. The number of rotatable bonds is 5. The van der Waals surface area contributed by atoms with Crippen molar-refractivity contribution >= 4 is 50.1 Å². The summed E-state index contributed by atoms with van der Waals surface area (Å²) in [7, 11) is 2.11. The summed E-state index contributed by atoms with van der Waals surface area (Å²) in [6.07, 6.45) is 5.52. The maximum atomic E-state index is 12.4. The van der Waals surface area contributed by atoms with E-state index in [9.17, 15) is 4.79 Å². The van der Waals surface area contributed by atoms with Crippen molar-refractivity contribution in [2.45, 2.75) is 9.92 Å². The van der Waals surface area contributed by atoms with Crippen molar-refractivity contribution in [2.24, 2.45) is 0 Å². The standard InChI is InChI=1S/C20H21N7OS2/c1-25-7-9-26(10-8-25)13-17(28)24-20-23-15-4-3-14(11-16(15)30-20)29-18-12-22-19-21-5-2-6-27(18)19/h2-6,11-12H,7-10,13H2,1H3,(H,23,24,28). The Labute approximate surface area is 181 Å². The van der Waals surface area contributed by atoms with E-state index in [1.165, 1.54) is 11.3 Å². The molecule has 8 nitrogen and oxygen atoms in total. The molecule has 1 aromatic carbocycles. The van der Waals surface area contributed by atoms with E-state index >= 15 is 0 Å². The Morgan fingerprint density at radius 1 is 1.23 bits per heavy atom. The largest absolute Gasteiger partial charge is 0.304 e. The van der Waals surface area contributed by atoms with Crippen molar-refractivity contribution in [3.8, 4) is 0 Å². The molecule has 0 radical (unpaired) electrons. The number of likely N-dealkylation sites (N-methyl/N-ethyl adjacent to an activating group) is 1. The van der Waals surface area contributed by atoms with E-state index in [0.29, 0.717) is 17.5 Å². The number of anilines is 1. The molecule has 154 valence electrons. The fourth-order valence-electron chi connectivity index (χ4n) is 3.39. The Morgan fingerprint density at radius 2 is 2.10 bits per heavy atom. The summed E-state index contributed by atoms with van der Waals surface area (Å²) < 4.78 is 3.01. The predicted molar refractivity (Wildman–Crippen MR) is 119 cm³/mol. The molecule has 3 aromatic heterocycles. The highest BCUT2D eigenvalue weighted by Crippen LogP contribution is 2.33. The van der Waals surface area contributed by atoms with Crippen LogP contribution in [0.4, 0.5) is 5.13 Å². The molecule has 30 heavy (non-hydrogen) atoms. The molecule has 0 unspecified atom stereocenters. The van der Waals surface area contributed by atoms with Crippen LogP contribution in [0.5, 0.6) is 0 Å². The van der Waals surface area contributed by atoms with Crippen molar-refractivity contribution in [1.29, 1.82) is 0 Å². The summed E-state index contributed by atoms with van der Waals surface area (Å²) in [5.74, 6) is 0.677. The first kappa shape index (κ1) is 19.4. The molecular formula is C20H21N7OS2. The van der Waals surface area contributed by atoms with Gasteiger partial charge in [-0.25, -0.2) is 15.0 Å². The zero-order valence-corrected chi connectivity index (χ0v) is 18.1. The second-order valence-electron chi connectivity index (χ2n) is 7.26. The quantitative estimate of drug-likeness (QED) is 0.512. The summed E-state index contributed by atoms with van der Waals surface area (Å²) in [5, 5.41) is 4.61. The second-order valence-corrected chi connectivity index (χ2v) is 9.39. The van der Waals surface area contributed by atoms with Crippen LogP contribution >= 0.6 is 23.1 Å². The number of fused-ring (bicyclic) bond motifs is 2. The lowest BCUT2D eigenvalue weighted by Gasteiger charge is -2.31. The van der Waals surface area contributed by atoms with Crippen LogP contribution in [0.2, 0.25) is 0 Å². The number of carbonyl (C=O) groups is 1. The summed E-state index contributed by atoms with van der Waals surface area (Å²) in [6, 6.07) is 8.02. The fraction of sp³-hybridized carbons (Fsp3) is 0.300. The van der Waals surface area contributed by atoms with Gasteiger partial charge in [-0.2, -0.15) is 0 Å². The Bertz CT molecular complexity index is 1200. The number of thiazole rings is 1. The molecule has 1 amide bonds. The van der Waals surface area contributed by atoms with Gasteiger partial charge in [-0.05, 0) is 31.3 Å². The lowest BCUT2D eigenvalue weighted by atomic mass is 10.3. The number of hydrogen-bond donors (Lipinski definition) is 1. The van der Waals surface area contributed by atoms with Crippen LogP contribution in [0, 0.1) is 0 Å². The number of benzene rings is 1. The molecule has 4 heterocycles. The molecule has 0 saturated carbocycles. The van der Waals surface area contributed by atoms with Crippen LogP contribution < -0.4 is 5.32 Å². The van der Waals surface area contributed by atoms with Crippen LogP contribution in [0.25, 0.3) is 16.0 Å². The third kappa shape index (κ3) is 4.17. The average Bonchev–Trinajstić information content (AvgIpc) is 3.33. The van der Waals surface area contributed by atoms with Crippen LogP contribution in [0.1, 0.15) is 0 Å². The van der Waals surface area contributed by atoms with Gasteiger partial charge < -0.3 is 10.2 Å². The van der Waals surface area contributed by atoms with Gasteiger partial charge in [0.1, 0.15) is 5.03 Å². The van der Waals surface area contributed by atoms with Gasteiger partial charge in [0.25, 0.3) is 0 Å². The van der Waals surface area contributed by atoms with Gasteiger partial charge in [-0.3, -0.25) is 14.1 Å². The van der Waals surface area contributed by atoms with E-state index in [1.54, 1.807) is 18.0 Å². The number of nitrogens with zero attached hydrogens (tertiary/aromatic N) is 6. The lowest BCUT2D eigenvalue weighted by molar-refractivity contribution is -0.117. The predicted octanol–water partition coefficient (Wildman–Crippen LogP) is 2.68. The Kier molecular flexibility index (Phi) is 5.38. The lowest BCUT2D eigenvalue weighted by Crippen LogP contribution is -2.47. The van der Waals surface area contributed by atoms with Gasteiger partial charge in [0.2, 0.25) is 11.7 Å². The number of hydrogen-bond acceptors (Lipinski definition) is 8. The molecule has 1 saturated heterocycles. The van der Waals surface area contributed by atoms with E-state index in [2.05, 4.69) is 43.2 Å². The Morgan fingerprint density at radius 3 is 2.97 bits per heavy atom. The molecule has 1 aliphatic rings. The molecule has 10 heteroatoms. The number of aromatic nitrogens is 4. The summed E-state index contributed by atoms with van der Waals surface area (Å²) in [6.45, 7) is 4.24. The minimum atomic E-state index is -0.00793. The van der Waals surface area contributed by atoms with E-state index in [4.69, 9.17) is 0 Å². The van der Waals surface area contributed by atoms with Gasteiger partial charge in [0, 0.05) is 43.5 Å². The van der Waals surface area contributed by atoms with E-state index < -0.39 is 0 Å². The molecule has 0 aliphatic carbocycles. The van der Waals surface area contributed by atoms with E-state index in [1.807, 2.05) is 35.0 Å². The summed E-state index contributed by atoms with van der Waals surface area (Å²) in [5.41, 5.74) is 0.888. The van der Waals surface area contributed by atoms with Crippen LogP contribution in [-0.2, 0) is 4.79 Å². The van der Waals surface area contributed by atoms with E-state index in [0.717, 1.165) is 46.3 Å². The van der Waals surface area contributed by atoms with Crippen molar-refractivity contribution in [2.75, 3.05) is 45.1 Å². The third-order valence-corrected chi connectivity index (χ3v) is 6.98. The molecule has 0 bridgehead atoms. The smallest absolute Gasteiger partial charge is 0.240 e. The van der Waals surface area contributed by atoms with Gasteiger partial charge >= 0.3 is 0 Å². The van der Waals surface area contributed by atoms with Gasteiger partial charge in [-0.15, -0.1) is 0 Å². The molecule has 0 spiro atoms. The van der Waals surface area contributed by atoms with Gasteiger partial charge in [0.05, 0.1) is 23.0 Å². The maximum Gasteiger partial charge on any atom is 0.240 e. The highest BCUT2D eigenvalue weighted by molar-refractivity contribution is 7.99. The molecule has 1 aliphatic heterocycles. The number of carbonyl (C=O) groups excluding carboxylic acids is 1. The number of imidazole rings is 1. The van der Waals surface area contributed by atoms with Crippen LogP contribution in [0.15, 0.2) is 52.8 Å². The fourth-order valence-corrected chi connectivity index (χ4v) is 5.29. The van der Waals surface area contributed by atoms with E-state index in [-0.39, 0.29) is 5.91 Å². The molecule has 1 N–H and O–H groups in total. The number of piperazine rings is 1. The number of nitrogens with one attached hydrogen (secondary N) is 1. The van der Waals surface area contributed by atoms with Gasteiger partial charge in [0.15, 0.2) is 5.13 Å². The van der Waals surface area contributed by atoms with Crippen LogP contribution in [-0.4, -0.2) is 74.8 Å². The maximum absolute atomic E-state index is 12.4. The second kappa shape index (κ2) is 8.31. The van der Waals surface area contributed by atoms with Crippen molar-refractivity contribution in [3.63, 3.8) is 0 Å². The molecule has 5 rings (SSSR count). The third-order valence-electron chi connectivity index (χ3n) is 5.05. The van der Waals surface area contributed by atoms with Crippen molar-refractivity contribution in [1.82, 2.24) is 29.2 Å². The molecule has 0 atom stereocenters. The Balaban J connectivity index is 1.27. The Hall–Kier alpha value is -2.53.